The fourth-order valence-electron chi connectivity index (χ4n) is 2.83. The minimum absolute atomic E-state index is 0.0137. The summed E-state index contributed by atoms with van der Waals surface area (Å²) in [5.74, 6) is 0.893. The molecule has 0 spiro atoms. The van der Waals surface area contributed by atoms with E-state index >= 15 is 0 Å². The number of fused-ring (bicyclic) bond motifs is 1. The maximum Gasteiger partial charge on any atom is 0.224 e. The van der Waals surface area contributed by atoms with Gasteiger partial charge in [0.15, 0.2) is 0 Å². The van der Waals surface area contributed by atoms with Crippen molar-refractivity contribution in [3.63, 3.8) is 0 Å². The topological polar surface area (TPSA) is 55.1 Å². The molecule has 0 aliphatic rings. The predicted octanol–water partition coefficient (Wildman–Crippen LogP) is 3.35. The number of carbonyl (C=O) groups is 1. The van der Waals surface area contributed by atoms with Gasteiger partial charge in [0.25, 0.3) is 0 Å². The number of para-hydroxylation sites is 1. The number of nitrogens with zero attached hydrogens (tertiary/aromatic N) is 1. The number of benzene rings is 1. The monoisotopic (exact) mass is 308 g/mol. The number of hydrogen-bond donors (Lipinski definition) is 1. The summed E-state index contributed by atoms with van der Waals surface area (Å²) in [6.45, 7) is 4.60. The van der Waals surface area contributed by atoms with Gasteiger partial charge in [0.05, 0.1) is 18.2 Å². The second kappa shape index (κ2) is 6.65. The average molecular weight is 308 g/mol. The highest BCUT2D eigenvalue weighted by Crippen LogP contribution is 2.22. The summed E-state index contributed by atoms with van der Waals surface area (Å²) in [7, 11) is 0. The number of pyridine rings is 1. The molecule has 118 valence electrons. The van der Waals surface area contributed by atoms with Crippen LogP contribution in [0.15, 0.2) is 47.1 Å². The Hall–Kier alpha value is -2.62. The largest absolute Gasteiger partial charge is 0.469 e. The third kappa shape index (κ3) is 3.42. The van der Waals surface area contributed by atoms with Crippen LogP contribution >= 0.6 is 0 Å². The zero-order valence-corrected chi connectivity index (χ0v) is 13.4. The third-order valence-corrected chi connectivity index (χ3v) is 4.10. The van der Waals surface area contributed by atoms with E-state index in [9.17, 15) is 4.79 Å². The van der Waals surface area contributed by atoms with E-state index in [1.54, 1.807) is 6.26 Å². The zero-order chi connectivity index (χ0) is 16.2. The Balaban J connectivity index is 1.69. The van der Waals surface area contributed by atoms with Crippen LogP contribution in [0.3, 0.4) is 0 Å². The normalized spacial score (nSPS) is 10.9. The van der Waals surface area contributed by atoms with Crippen molar-refractivity contribution in [2.24, 2.45) is 0 Å². The van der Waals surface area contributed by atoms with Crippen LogP contribution in [0.2, 0.25) is 0 Å². The number of furan rings is 1. The molecule has 0 aliphatic carbocycles. The molecule has 0 radical (unpaired) electrons. The molecular weight excluding hydrogens is 288 g/mol. The van der Waals surface area contributed by atoms with Crippen molar-refractivity contribution in [3.8, 4) is 0 Å². The molecule has 3 rings (SSSR count). The molecule has 0 bridgehead atoms. The summed E-state index contributed by atoms with van der Waals surface area (Å²) in [5, 5.41) is 4.05. The van der Waals surface area contributed by atoms with Gasteiger partial charge in [0.1, 0.15) is 5.76 Å². The lowest BCUT2D eigenvalue weighted by atomic mass is 9.99. The Bertz CT molecular complexity index is 823. The fraction of sp³-hybridized carbons (Fsp3) is 0.263. The summed E-state index contributed by atoms with van der Waals surface area (Å²) in [6.07, 6.45) is 2.70. The van der Waals surface area contributed by atoms with E-state index < -0.39 is 0 Å². The molecule has 1 aromatic carbocycles. The molecule has 0 saturated heterocycles. The van der Waals surface area contributed by atoms with Crippen molar-refractivity contribution in [1.29, 1.82) is 0 Å². The van der Waals surface area contributed by atoms with Gasteiger partial charge in [-0.3, -0.25) is 9.78 Å². The first-order valence-electron chi connectivity index (χ1n) is 7.79. The summed E-state index contributed by atoms with van der Waals surface area (Å²) in [4.78, 5) is 16.8. The van der Waals surface area contributed by atoms with Crippen LogP contribution in [0.4, 0.5) is 0 Å². The predicted molar refractivity (Wildman–Crippen MR) is 90.3 cm³/mol. The minimum Gasteiger partial charge on any atom is -0.469 e. The fourth-order valence-corrected chi connectivity index (χ4v) is 2.83. The molecule has 3 aromatic rings. The SMILES string of the molecule is Cc1nc2ccccc2c(C)c1CC(=O)NCCc1ccco1. The maximum atomic E-state index is 12.2. The zero-order valence-electron chi connectivity index (χ0n) is 13.4. The molecular formula is C19H20N2O2. The average Bonchev–Trinajstić information content (AvgIpc) is 3.05. The molecule has 0 unspecified atom stereocenters. The number of carbonyl (C=O) groups excluding carboxylic acids is 1. The van der Waals surface area contributed by atoms with Gasteiger partial charge < -0.3 is 9.73 Å². The van der Waals surface area contributed by atoms with Crippen molar-refractivity contribution in [2.75, 3.05) is 6.54 Å². The van der Waals surface area contributed by atoms with Gasteiger partial charge in [0.2, 0.25) is 5.91 Å². The number of aromatic nitrogens is 1. The van der Waals surface area contributed by atoms with Crippen molar-refractivity contribution >= 4 is 16.8 Å². The highest BCUT2D eigenvalue weighted by atomic mass is 16.3. The number of aryl methyl sites for hydroxylation is 2. The quantitative estimate of drug-likeness (QED) is 0.786. The first-order chi connectivity index (χ1) is 11.1. The van der Waals surface area contributed by atoms with E-state index in [1.165, 1.54) is 0 Å². The molecule has 4 heteroatoms. The molecule has 0 fully saturated rings. The Morgan fingerprint density at radius 3 is 2.78 bits per heavy atom. The summed E-state index contributed by atoms with van der Waals surface area (Å²) >= 11 is 0. The van der Waals surface area contributed by atoms with Gasteiger partial charge in [0, 0.05) is 24.0 Å². The standard InChI is InChI=1S/C19H20N2O2/c1-13-16-7-3-4-8-18(16)21-14(2)17(13)12-19(22)20-10-9-15-6-5-11-23-15/h3-8,11H,9-10,12H2,1-2H3,(H,20,22). The van der Waals surface area contributed by atoms with E-state index in [-0.39, 0.29) is 5.91 Å². The third-order valence-electron chi connectivity index (χ3n) is 4.10. The summed E-state index contributed by atoms with van der Waals surface area (Å²) in [5.41, 5.74) is 4.04. The van der Waals surface area contributed by atoms with Gasteiger partial charge >= 0.3 is 0 Å². The second-order valence-electron chi connectivity index (χ2n) is 5.67. The molecule has 2 aromatic heterocycles. The lowest BCUT2D eigenvalue weighted by Crippen LogP contribution is -2.27. The van der Waals surface area contributed by atoms with Gasteiger partial charge in [-0.05, 0) is 43.2 Å². The highest BCUT2D eigenvalue weighted by molar-refractivity contribution is 5.86. The van der Waals surface area contributed by atoms with Crippen LogP contribution < -0.4 is 5.32 Å². The van der Waals surface area contributed by atoms with E-state index in [0.29, 0.717) is 19.4 Å². The lowest BCUT2D eigenvalue weighted by Gasteiger charge is -2.12. The first-order valence-corrected chi connectivity index (χ1v) is 7.79. The molecule has 0 saturated carbocycles. The van der Waals surface area contributed by atoms with E-state index in [4.69, 9.17) is 4.42 Å². The molecule has 1 N–H and O–H groups in total. The van der Waals surface area contributed by atoms with Crippen LogP contribution in [-0.4, -0.2) is 17.4 Å². The maximum absolute atomic E-state index is 12.2. The summed E-state index contributed by atoms with van der Waals surface area (Å²) in [6, 6.07) is 11.8. The number of hydrogen-bond acceptors (Lipinski definition) is 3. The molecule has 4 nitrogen and oxygen atoms in total. The van der Waals surface area contributed by atoms with E-state index in [0.717, 1.165) is 33.5 Å². The van der Waals surface area contributed by atoms with E-state index in [2.05, 4.69) is 23.3 Å². The van der Waals surface area contributed by atoms with E-state index in [1.807, 2.05) is 37.3 Å². The van der Waals surface area contributed by atoms with Crippen molar-refractivity contribution in [2.45, 2.75) is 26.7 Å². The Labute approximate surface area is 135 Å². The molecule has 1 amide bonds. The smallest absolute Gasteiger partial charge is 0.224 e. The first kappa shape index (κ1) is 15.3. The second-order valence-corrected chi connectivity index (χ2v) is 5.67. The van der Waals surface area contributed by atoms with Gasteiger partial charge in [-0.1, -0.05) is 18.2 Å². The van der Waals surface area contributed by atoms with Crippen molar-refractivity contribution in [3.05, 3.63) is 65.2 Å². The Kier molecular flexibility index (Phi) is 4.42. The van der Waals surface area contributed by atoms with Crippen molar-refractivity contribution in [1.82, 2.24) is 10.3 Å². The lowest BCUT2D eigenvalue weighted by molar-refractivity contribution is -0.120. The van der Waals surface area contributed by atoms with Crippen LogP contribution in [0.1, 0.15) is 22.6 Å². The molecule has 0 aliphatic heterocycles. The van der Waals surface area contributed by atoms with Crippen LogP contribution in [-0.2, 0) is 17.6 Å². The summed E-state index contributed by atoms with van der Waals surface area (Å²) < 4.78 is 5.26. The molecule has 23 heavy (non-hydrogen) atoms. The van der Waals surface area contributed by atoms with Crippen LogP contribution in [0.5, 0.6) is 0 Å². The highest BCUT2D eigenvalue weighted by Gasteiger charge is 2.12. The van der Waals surface area contributed by atoms with Crippen LogP contribution in [0.25, 0.3) is 10.9 Å². The molecule has 0 atom stereocenters. The number of nitrogens with one attached hydrogen (secondary N) is 1. The minimum atomic E-state index is 0.0137. The van der Waals surface area contributed by atoms with Crippen LogP contribution in [0, 0.1) is 13.8 Å². The van der Waals surface area contributed by atoms with Gasteiger partial charge in [-0.2, -0.15) is 0 Å². The van der Waals surface area contributed by atoms with Gasteiger partial charge in [-0.15, -0.1) is 0 Å². The Morgan fingerprint density at radius 1 is 1.17 bits per heavy atom. The number of amides is 1. The van der Waals surface area contributed by atoms with Gasteiger partial charge in [-0.25, -0.2) is 0 Å². The van der Waals surface area contributed by atoms with Crippen molar-refractivity contribution < 1.29 is 9.21 Å². The number of rotatable bonds is 5. The Morgan fingerprint density at radius 2 is 2.00 bits per heavy atom. The molecule has 2 heterocycles.